The first-order valence-electron chi connectivity index (χ1n) is 11.6. The van der Waals surface area contributed by atoms with E-state index in [0.29, 0.717) is 32.4 Å². The molecule has 2 atom stereocenters. The van der Waals surface area contributed by atoms with E-state index in [9.17, 15) is 19.5 Å². The Bertz CT molecular complexity index is 591. The molecule has 0 aromatic heterocycles. The fraction of sp³-hybridized carbons (Fsp3) is 0.870. The Hall–Kier alpha value is -1.67. The maximum atomic E-state index is 12.9. The molecule has 1 saturated heterocycles. The van der Waals surface area contributed by atoms with Gasteiger partial charge in [-0.05, 0) is 33.1 Å². The molecule has 8 nitrogen and oxygen atoms in total. The highest BCUT2D eigenvalue weighted by Gasteiger charge is 2.46. The number of nitrogens with one attached hydrogen (secondary N) is 2. The largest absolute Gasteiger partial charge is 0.481 e. The van der Waals surface area contributed by atoms with Gasteiger partial charge in [0, 0.05) is 24.4 Å². The molecule has 0 aliphatic carbocycles. The van der Waals surface area contributed by atoms with Gasteiger partial charge < -0.3 is 25.2 Å². The molecule has 3 N–H and O–H groups in total. The summed E-state index contributed by atoms with van der Waals surface area (Å²) >= 11 is 0. The summed E-state index contributed by atoms with van der Waals surface area (Å²) in [5, 5.41) is 14.9. The van der Waals surface area contributed by atoms with Gasteiger partial charge in [0.1, 0.15) is 6.10 Å². The lowest BCUT2D eigenvalue weighted by Crippen LogP contribution is -2.57. The highest BCUT2D eigenvalue weighted by atomic mass is 16.7. The molecule has 180 valence electrons. The van der Waals surface area contributed by atoms with Gasteiger partial charge in [0.2, 0.25) is 11.8 Å². The van der Waals surface area contributed by atoms with Gasteiger partial charge in [0.15, 0.2) is 5.79 Å². The van der Waals surface area contributed by atoms with Crippen molar-refractivity contribution in [2.24, 2.45) is 5.41 Å². The highest BCUT2D eigenvalue weighted by Crippen LogP contribution is 2.35. The number of rotatable bonds is 14. The van der Waals surface area contributed by atoms with E-state index in [1.165, 1.54) is 12.8 Å². The van der Waals surface area contributed by atoms with Gasteiger partial charge >= 0.3 is 5.97 Å². The molecule has 8 heteroatoms. The van der Waals surface area contributed by atoms with Crippen LogP contribution in [-0.2, 0) is 23.9 Å². The molecule has 0 bridgehead atoms. The summed E-state index contributed by atoms with van der Waals surface area (Å²) in [6.45, 7) is 10.3. The van der Waals surface area contributed by atoms with Gasteiger partial charge in [-0.1, -0.05) is 46.5 Å². The monoisotopic (exact) mass is 442 g/mol. The van der Waals surface area contributed by atoms with E-state index in [1.54, 1.807) is 13.8 Å². The van der Waals surface area contributed by atoms with Gasteiger partial charge in [-0.2, -0.15) is 0 Å². The van der Waals surface area contributed by atoms with E-state index in [4.69, 9.17) is 9.47 Å². The molecule has 1 aliphatic heterocycles. The van der Waals surface area contributed by atoms with Crippen LogP contribution in [0.3, 0.4) is 0 Å². The predicted molar refractivity (Wildman–Crippen MR) is 118 cm³/mol. The number of hydrogen-bond donors (Lipinski definition) is 3. The lowest BCUT2D eigenvalue weighted by atomic mass is 9.85. The van der Waals surface area contributed by atoms with E-state index in [0.717, 1.165) is 19.3 Å². The van der Waals surface area contributed by atoms with Crippen molar-refractivity contribution in [3.05, 3.63) is 0 Å². The lowest BCUT2D eigenvalue weighted by Gasteiger charge is -2.45. The molecular weight excluding hydrogens is 400 g/mol. The van der Waals surface area contributed by atoms with Crippen LogP contribution >= 0.6 is 0 Å². The van der Waals surface area contributed by atoms with Crippen molar-refractivity contribution in [1.29, 1.82) is 0 Å². The van der Waals surface area contributed by atoms with Crippen LogP contribution in [0, 0.1) is 5.41 Å². The van der Waals surface area contributed by atoms with Crippen LogP contribution in [0.5, 0.6) is 0 Å². The number of carbonyl (C=O) groups excluding carboxylic acids is 2. The van der Waals surface area contributed by atoms with Crippen molar-refractivity contribution >= 4 is 17.8 Å². The SMILES string of the molecule is CCCCCCCC(=O)NCCCC(CC(=O)O)NC(=O)C1OC(C)(C)OCC1(C)C. The Morgan fingerprint density at radius 3 is 2.39 bits per heavy atom. The van der Waals surface area contributed by atoms with Crippen LogP contribution in [-0.4, -0.2) is 54.0 Å². The second-order valence-corrected chi connectivity index (χ2v) is 9.63. The highest BCUT2D eigenvalue weighted by molar-refractivity contribution is 5.82. The average molecular weight is 443 g/mol. The first-order valence-corrected chi connectivity index (χ1v) is 11.6. The number of ether oxygens (including phenoxy) is 2. The Labute approximate surface area is 186 Å². The minimum atomic E-state index is -0.978. The van der Waals surface area contributed by atoms with Crippen LogP contribution in [0.25, 0.3) is 0 Å². The van der Waals surface area contributed by atoms with Crippen molar-refractivity contribution in [1.82, 2.24) is 10.6 Å². The number of hydrogen-bond acceptors (Lipinski definition) is 5. The van der Waals surface area contributed by atoms with Crippen molar-refractivity contribution in [3.8, 4) is 0 Å². The zero-order valence-corrected chi connectivity index (χ0v) is 19.9. The minimum absolute atomic E-state index is 0.0231. The van der Waals surface area contributed by atoms with E-state index in [-0.39, 0.29) is 18.2 Å². The van der Waals surface area contributed by atoms with Crippen molar-refractivity contribution in [2.75, 3.05) is 13.2 Å². The fourth-order valence-electron chi connectivity index (χ4n) is 3.59. The quantitative estimate of drug-likeness (QED) is 0.355. The summed E-state index contributed by atoms with van der Waals surface area (Å²) < 4.78 is 11.5. The third kappa shape index (κ3) is 11.0. The van der Waals surface area contributed by atoms with Crippen LogP contribution < -0.4 is 10.6 Å². The van der Waals surface area contributed by atoms with Crippen LogP contribution in [0.1, 0.15) is 92.4 Å². The minimum Gasteiger partial charge on any atom is -0.481 e. The molecule has 1 fully saturated rings. The summed E-state index contributed by atoms with van der Waals surface area (Å²) in [4.78, 5) is 36.0. The second-order valence-electron chi connectivity index (χ2n) is 9.63. The molecule has 1 rings (SSSR count). The summed E-state index contributed by atoms with van der Waals surface area (Å²) in [6.07, 6.45) is 6.14. The zero-order chi connectivity index (χ0) is 23.5. The third-order valence-corrected chi connectivity index (χ3v) is 5.47. The Kier molecular flexibility index (Phi) is 11.5. The van der Waals surface area contributed by atoms with E-state index < -0.39 is 29.3 Å². The van der Waals surface area contributed by atoms with Gasteiger partial charge in [-0.15, -0.1) is 0 Å². The van der Waals surface area contributed by atoms with Crippen molar-refractivity contribution in [3.63, 3.8) is 0 Å². The van der Waals surface area contributed by atoms with E-state index in [1.807, 2.05) is 13.8 Å². The normalized spacial score (nSPS) is 20.6. The molecular formula is C23H42N2O6. The lowest BCUT2D eigenvalue weighted by molar-refractivity contribution is -0.304. The standard InChI is InChI=1S/C23H42N2O6/c1-6-7-8-9-10-13-18(26)24-14-11-12-17(15-19(27)28)25-21(29)20-22(2,3)16-30-23(4,5)31-20/h17,20H,6-16H2,1-5H3,(H,24,26)(H,25,29)(H,27,28). The molecule has 0 saturated carbocycles. The maximum absolute atomic E-state index is 12.9. The molecule has 0 aromatic carbocycles. The summed E-state index contributed by atoms with van der Waals surface area (Å²) in [5.41, 5.74) is -0.529. The van der Waals surface area contributed by atoms with Gasteiger partial charge in [0.05, 0.1) is 13.0 Å². The summed E-state index contributed by atoms with van der Waals surface area (Å²) in [5.74, 6) is -2.16. The molecule has 1 aliphatic rings. The molecule has 0 radical (unpaired) electrons. The maximum Gasteiger partial charge on any atom is 0.305 e. The first kappa shape index (κ1) is 27.4. The Morgan fingerprint density at radius 1 is 1.06 bits per heavy atom. The molecule has 2 amide bonds. The van der Waals surface area contributed by atoms with Gasteiger partial charge in [-0.3, -0.25) is 14.4 Å². The Balaban J connectivity index is 2.46. The molecule has 0 spiro atoms. The Morgan fingerprint density at radius 2 is 1.74 bits per heavy atom. The van der Waals surface area contributed by atoms with E-state index in [2.05, 4.69) is 17.6 Å². The molecule has 1 heterocycles. The third-order valence-electron chi connectivity index (χ3n) is 5.47. The first-order chi connectivity index (χ1) is 14.5. The molecule has 31 heavy (non-hydrogen) atoms. The topological polar surface area (TPSA) is 114 Å². The fourth-order valence-corrected chi connectivity index (χ4v) is 3.59. The second kappa shape index (κ2) is 13.0. The number of carbonyl (C=O) groups is 3. The number of carboxylic acid groups (broad SMARTS) is 1. The van der Waals surface area contributed by atoms with Gasteiger partial charge in [0.25, 0.3) is 0 Å². The summed E-state index contributed by atoms with van der Waals surface area (Å²) in [6, 6.07) is -0.527. The smallest absolute Gasteiger partial charge is 0.305 e. The number of unbranched alkanes of at least 4 members (excludes halogenated alkanes) is 4. The van der Waals surface area contributed by atoms with Crippen molar-refractivity contribution < 1.29 is 29.0 Å². The van der Waals surface area contributed by atoms with Crippen molar-refractivity contribution in [2.45, 2.75) is 110 Å². The predicted octanol–water partition coefficient (Wildman–Crippen LogP) is 3.38. The number of amides is 2. The summed E-state index contributed by atoms with van der Waals surface area (Å²) in [7, 11) is 0. The number of carboxylic acids is 1. The zero-order valence-electron chi connectivity index (χ0n) is 19.9. The van der Waals surface area contributed by atoms with Crippen LogP contribution in [0.15, 0.2) is 0 Å². The molecule has 0 aromatic rings. The van der Waals surface area contributed by atoms with E-state index >= 15 is 0 Å². The van der Waals surface area contributed by atoms with Crippen LogP contribution in [0.4, 0.5) is 0 Å². The number of aliphatic carboxylic acids is 1. The van der Waals surface area contributed by atoms with Crippen LogP contribution in [0.2, 0.25) is 0 Å². The average Bonchev–Trinajstić information content (AvgIpc) is 2.66. The molecule has 2 unspecified atom stereocenters. The van der Waals surface area contributed by atoms with Gasteiger partial charge in [-0.25, -0.2) is 0 Å².